The molecule has 0 bridgehead atoms. The number of aryl methyl sites for hydroxylation is 2. The van der Waals surface area contributed by atoms with Crippen LogP contribution in [0.5, 0.6) is 0 Å². The Balaban J connectivity index is 2.18. The molecule has 0 saturated carbocycles. The van der Waals surface area contributed by atoms with Crippen LogP contribution in [0.2, 0.25) is 0 Å². The molecule has 4 N–H and O–H groups in total. The summed E-state index contributed by atoms with van der Waals surface area (Å²) in [4.78, 5) is 32.8. The smallest absolute Gasteiger partial charge is 0.321 e. The van der Waals surface area contributed by atoms with E-state index in [9.17, 15) is 14.7 Å². The molecule has 2 aromatic rings. The molecule has 0 aromatic carbocycles. The number of carbonyl (C=O) groups is 2. The summed E-state index contributed by atoms with van der Waals surface area (Å²) in [5.74, 6) is -1.98. The van der Waals surface area contributed by atoms with E-state index in [4.69, 9.17) is 10.8 Å². The van der Waals surface area contributed by atoms with Gasteiger partial charge in [0.1, 0.15) is 22.1 Å². The summed E-state index contributed by atoms with van der Waals surface area (Å²) in [7, 11) is 9.94. The first-order chi connectivity index (χ1) is 13.1. The molecule has 28 heavy (non-hydrogen) atoms. The summed E-state index contributed by atoms with van der Waals surface area (Å²) < 4.78 is 3.64. The molecule has 0 spiro atoms. The van der Waals surface area contributed by atoms with Crippen LogP contribution in [0.15, 0.2) is 22.7 Å². The highest BCUT2D eigenvalue weighted by Crippen LogP contribution is 2.40. The van der Waals surface area contributed by atoms with Gasteiger partial charge in [-0.25, -0.2) is 9.97 Å². The highest BCUT2D eigenvalue weighted by molar-refractivity contribution is 8.76. The van der Waals surface area contributed by atoms with Gasteiger partial charge in [0.25, 0.3) is 0 Å². The van der Waals surface area contributed by atoms with Crippen molar-refractivity contribution in [1.82, 2.24) is 24.0 Å². The second-order valence-electron chi connectivity index (χ2n) is 6.55. The number of hydrogen-bond acceptors (Lipinski definition) is 8. The largest absolute Gasteiger partial charge is 0.480 e. The molecule has 0 aliphatic carbocycles. The molecule has 154 valence electrons. The SMILES string of the molecule is CN(C)[C@@H](Cc1ncn(C)c1SSc1c(C[C@H](N)C(=O)O)ncn1C)C(=O)O. The third kappa shape index (κ3) is 5.28. The van der Waals surface area contributed by atoms with Gasteiger partial charge in [-0.15, -0.1) is 0 Å². The highest BCUT2D eigenvalue weighted by atomic mass is 33.1. The van der Waals surface area contributed by atoms with Crippen molar-refractivity contribution in [1.29, 1.82) is 0 Å². The van der Waals surface area contributed by atoms with E-state index in [0.29, 0.717) is 11.4 Å². The van der Waals surface area contributed by atoms with Crippen molar-refractivity contribution >= 4 is 33.5 Å². The Morgan fingerprint density at radius 3 is 1.89 bits per heavy atom. The van der Waals surface area contributed by atoms with Crippen LogP contribution in [0, 0.1) is 0 Å². The number of hydrogen-bond donors (Lipinski definition) is 3. The van der Waals surface area contributed by atoms with E-state index in [1.165, 1.54) is 21.6 Å². The number of carboxylic acids is 2. The molecule has 12 heteroatoms. The normalized spacial score (nSPS) is 13.6. The number of aromatic nitrogens is 4. The van der Waals surface area contributed by atoms with Crippen LogP contribution < -0.4 is 5.73 Å². The quantitative estimate of drug-likeness (QED) is 0.457. The van der Waals surface area contributed by atoms with Gasteiger partial charge >= 0.3 is 11.9 Å². The summed E-state index contributed by atoms with van der Waals surface area (Å²) in [6.07, 6.45) is 3.66. The fourth-order valence-corrected chi connectivity index (χ4v) is 5.19. The Hall–Kier alpha value is -2.02. The zero-order chi connectivity index (χ0) is 21.0. The van der Waals surface area contributed by atoms with Crippen molar-refractivity contribution in [3.63, 3.8) is 0 Å². The number of rotatable bonds is 10. The van der Waals surface area contributed by atoms with E-state index in [-0.39, 0.29) is 12.8 Å². The fourth-order valence-electron chi connectivity index (χ4n) is 2.48. The third-order valence-electron chi connectivity index (χ3n) is 4.13. The van der Waals surface area contributed by atoms with Crippen LogP contribution in [0.1, 0.15) is 11.4 Å². The van der Waals surface area contributed by atoms with Crippen molar-refractivity contribution in [2.24, 2.45) is 19.8 Å². The molecular weight excluding hydrogens is 404 g/mol. The molecular formula is C16H24N6O4S2. The summed E-state index contributed by atoms with van der Waals surface area (Å²) >= 11 is 0. The molecule has 0 saturated heterocycles. The topological polar surface area (TPSA) is 140 Å². The Morgan fingerprint density at radius 2 is 1.50 bits per heavy atom. The summed E-state index contributed by atoms with van der Waals surface area (Å²) in [6.45, 7) is 0. The summed E-state index contributed by atoms with van der Waals surface area (Å²) in [5.41, 5.74) is 6.93. The first-order valence-electron chi connectivity index (χ1n) is 8.34. The summed E-state index contributed by atoms with van der Waals surface area (Å²) in [5, 5.41) is 20.1. The Labute approximate surface area is 170 Å². The standard InChI is InChI=1S/C16H24N6O4S2/c1-20(2)12(16(25)26)6-11-14(22(4)8-19-11)28-27-13-10(18-7-21(13)3)5-9(17)15(23)24/h7-9,12H,5-6,17H2,1-4H3,(H,23,24)(H,25,26)/t9-,12-/m0/s1. The molecule has 0 radical (unpaired) electrons. The average Bonchev–Trinajstić information content (AvgIpc) is 3.13. The third-order valence-corrected chi connectivity index (χ3v) is 6.78. The van der Waals surface area contributed by atoms with Crippen molar-refractivity contribution in [3.05, 3.63) is 24.0 Å². The van der Waals surface area contributed by atoms with Crippen LogP contribution in [-0.4, -0.2) is 72.3 Å². The van der Waals surface area contributed by atoms with Crippen molar-refractivity contribution in [2.45, 2.75) is 35.0 Å². The molecule has 2 atom stereocenters. The highest BCUT2D eigenvalue weighted by Gasteiger charge is 2.25. The number of nitrogens with zero attached hydrogens (tertiary/aromatic N) is 5. The molecule has 2 aromatic heterocycles. The van der Waals surface area contributed by atoms with Crippen LogP contribution in [0.4, 0.5) is 0 Å². The van der Waals surface area contributed by atoms with Gasteiger partial charge in [-0.3, -0.25) is 14.5 Å². The predicted octanol–water partition coefficient (Wildman–Crippen LogP) is 0.465. The lowest BCUT2D eigenvalue weighted by Gasteiger charge is -2.19. The molecule has 2 heterocycles. The monoisotopic (exact) mass is 428 g/mol. The molecule has 0 unspecified atom stereocenters. The maximum absolute atomic E-state index is 11.5. The lowest BCUT2D eigenvalue weighted by atomic mass is 10.1. The Morgan fingerprint density at radius 1 is 1.04 bits per heavy atom. The van der Waals surface area contributed by atoms with Gasteiger partial charge in [-0.2, -0.15) is 0 Å². The molecule has 0 amide bonds. The maximum atomic E-state index is 11.5. The first-order valence-corrected chi connectivity index (χ1v) is 10.5. The molecule has 10 nitrogen and oxygen atoms in total. The first kappa shape index (κ1) is 22.3. The van der Waals surface area contributed by atoms with E-state index < -0.39 is 24.0 Å². The second-order valence-corrected chi connectivity index (χ2v) is 8.66. The number of nitrogens with two attached hydrogens (primary N) is 1. The van der Waals surface area contributed by atoms with Crippen molar-refractivity contribution in [3.8, 4) is 0 Å². The lowest BCUT2D eigenvalue weighted by molar-refractivity contribution is -0.142. The molecule has 0 fully saturated rings. The zero-order valence-electron chi connectivity index (χ0n) is 16.1. The minimum absolute atomic E-state index is 0.124. The minimum atomic E-state index is -1.08. The van der Waals surface area contributed by atoms with E-state index in [2.05, 4.69) is 9.97 Å². The van der Waals surface area contributed by atoms with Gasteiger partial charge in [0.15, 0.2) is 0 Å². The van der Waals surface area contributed by atoms with Crippen molar-refractivity contribution in [2.75, 3.05) is 14.1 Å². The van der Waals surface area contributed by atoms with Crippen LogP contribution in [-0.2, 0) is 36.5 Å². The van der Waals surface area contributed by atoms with Crippen molar-refractivity contribution < 1.29 is 19.8 Å². The van der Waals surface area contributed by atoms with Gasteiger partial charge in [0.05, 0.1) is 24.0 Å². The van der Waals surface area contributed by atoms with Gasteiger partial charge in [-0.05, 0) is 35.7 Å². The summed E-state index contributed by atoms with van der Waals surface area (Å²) in [6, 6.07) is -1.71. The van der Waals surface area contributed by atoms with Crippen LogP contribution in [0.25, 0.3) is 0 Å². The average molecular weight is 429 g/mol. The van der Waals surface area contributed by atoms with E-state index in [0.717, 1.165) is 10.1 Å². The molecule has 0 aliphatic rings. The number of imidazole rings is 2. The van der Waals surface area contributed by atoms with Crippen LogP contribution >= 0.6 is 21.6 Å². The van der Waals surface area contributed by atoms with E-state index >= 15 is 0 Å². The Kier molecular flexibility index (Phi) is 7.52. The van der Waals surface area contributed by atoms with Gasteiger partial charge in [-0.1, -0.05) is 0 Å². The van der Waals surface area contributed by atoms with Gasteiger partial charge in [0.2, 0.25) is 0 Å². The van der Waals surface area contributed by atoms with Crippen LogP contribution in [0.3, 0.4) is 0 Å². The minimum Gasteiger partial charge on any atom is -0.480 e. The fraction of sp³-hybridized carbons (Fsp3) is 0.500. The maximum Gasteiger partial charge on any atom is 0.321 e. The number of carboxylic acid groups (broad SMARTS) is 2. The molecule has 2 rings (SSSR count). The second kappa shape index (κ2) is 9.45. The predicted molar refractivity (Wildman–Crippen MR) is 106 cm³/mol. The molecule has 0 aliphatic heterocycles. The van der Waals surface area contributed by atoms with Gasteiger partial charge in [0, 0.05) is 26.9 Å². The Bertz CT molecular complexity index is 850. The zero-order valence-corrected chi connectivity index (χ0v) is 17.7. The van der Waals surface area contributed by atoms with Gasteiger partial charge < -0.3 is 25.1 Å². The number of likely N-dealkylation sites (N-methyl/N-ethyl adjacent to an activating group) is 1. The lowest BCUT2D eigenvalue weighted by Crippen LogP contribution is -2.37. The van der Waals surface area contributed by atoms with E-state index in [1.807, 2.05) is 18.7 Å². The van der Waals surface area contributed by atoms with E-state index in [1.54, 1.807) is 36.2 Å². The number of aliphatic carboxylic acids is 2.